The summed E-state index contributed by atoms with van der Waals surface area (Å²) in [7, 11) is 0. The summed E-state index contributed by atoms with van der Waals surface area (Å²) in [5, 5.41) is 0. The number of ether oxygens (including phenoxy) is 1. The summed E-state index contributed by atoms with van der Waals surface area (Å²) in [5.41, 5.74) is 2.45. The summed E-state index contributed by atoms with van der Waals surface area (Å²) >= 11 is 0. The van der Waals surface area contributed by atoms with Crippen molar-refractivity contribution in [3.8, 4) is 0 Å². The van der Waals surface area contributed by atoms with Gasteiger partial charge in [0, 0.05) is 19.0 Å². The molecule has 2 aliphatic heterocycles. The average molecular weight is 228 g/mol. The molecule has 92 valence electrons. The van der Waals surface area contributed by atoms with E-state index in [0.717, 1.165) is 0 Å². The second-order valence-corrected chi connectivity index (χ2v) is 5.89. The monoisotopic (exact) mass is 228 g/mol. The number of fused-ring (bicyclic) bond motifs is 1. The van der Waals surface area contributed by atoms with Gasteiger partial charge in [0.1, 0.15) is 5.60 Å². The molecule has 1 N–H and O–H groups in total. The van der Waals surface area contributed by atoms with Crippen molar-refractivity contribution < 1.29 is 14.4 Å². The van der Waals surface area contributed by atoms with Gasteiger partial charge in [0.15, 0.2) is 0 Å². The van der Waals surface area contributed by atoms with Crippen molar-refractivity contribution in [1.29, 1.82) is 0 Å². The number of carbonyl (C=O) groups is 1. The topological polar surface area (TPSA) is 50.8 Å². The van der Waals surface area contributed by atoms with Crippen LogP contribution in [0.3, 0.4) is 0 Å². The van der Waals surface area contributed by atoms with Gasteiger partial charge < -0.3 is 14.5 Å². The predicted octanol–water partition coefficient (Wildman–Crippen LogP) is 1.15. The van der Waals surface area contributed by atoms with Crippen LogP contribution in [0.2, 0.25) is 0 Å². The Labute approximate surface area is 96.0 Å². The van der Waals surface area contributed by atoms with E-state index in [2.05, 4.69) is 12.4 Å². The Bertz CT molecular complexity index is 300. The van der Waals surface area contributed by atoms with E-state index in [-0.39, 0.29) is 11.6 Å². The van der Waals surface area contributed by atoms with Crippen molar-refractivity contribution in [2.24, 2.45) is 5.92 Å². The van der Waals surface area contributed by atoms with Crippen LogP contribution in [0.1, 0.15) is 27.7 Å². The van der Waals surface area contributed by atoms with Crippen LogP contribution >= 0.6 is 0 Å². The molecule has 0 aromatic heterocycles. The number of nitrogens with one attached hydrogen (secondary N) is 1. The highest BCUT2D eigenvalue weighted by Gasteiger charge is 2.49. The molecule has 16 heavy (non-hydrogen) atoms. The van der Waals surface area contributed by atoms with Gasteiger partial charge in [0.05, 0.1) is 12.1 Å². The zero-order chi connectivity index (χ0) is 12.0. The number of nitrogens with zero attached hydrogens (tertiary/aromatic N) is 1. The highest BCUT2D eigenvalue weighted by atomic mass is 16.7. The molecule has 5 nitrogen and oxygen atoms in total. The molecule has 0 aromatic rings. The van der Waals surface area contributed by atoms with E-state index in [1.807, 2.05) is 20.8 Å². The minimum absolute atomic E-state index is 0.114. The Kier molecular flexibility index (Phi) is 2.62. The molecular weight excluding hydrogens is 208 g/mol. The van der Waals surface area contributed by atoms with Gasteiger partial charge in [-0.2, -0.15) is 5.48 Å². The number of carbonyl (C=O) groups excluding carboxylic acids is 1. The lowest BCUT2D eigenvalue weighted by atomic mass is 9.92. The van der Waals surface area contributed by atoms with Gasteiger partial charge >= 0.3 is 6.09 Å². The van der Waals surface area contributed by atoms with Crippen LogP contribution in [-0.2, 0) is 9.57 Å². The molecule has 0 radical (unpaired) electrons. The number of hydrogen-bond donors (Lipinski definition) is 1. The van der Waals surface area contributed by atoms with Crippen LogP contribution in [-0.4, -0.2) is 41.8 Å². The molecule has 0 aromatic carbocycles. The number of hydrogen-bond acceptors (Lipinski definition) is 4. The highest BCUT2D eigenvalue weighted by Crippen LogP contribution is 2.32. The molecule has 2 rings (SSSR count). The van der Waals surface area contributed by atoms with Crippen LogP contribution in [0.4, 0.5) is 4.79 Å². The molecule has 0 saturated carbocycles. The molecule has 2 aliphatic rings. The van der Waals surface area contributed by atoms with Crippen molar-refractivity contribution in [3.63, 3.8) is 0 Å². The molecule has 1 amide bonds. The van der Waals surface area contributed by atoms with Crippen LogP contribution in [0.25, 0.3) is 0 Å². The van der Waals surface area contributed by atoms with Gasteiger partial charge in [-0.15, -0.1) is 0 Å². The molecular formula is C11H20N2O3. The van der Waals surface area contributed by atoms with Crippen molar-refractivity contribution >= 4 is 6.09 Å². The second kappa shape index (κ2) is 3.60. The SMILES string of the molecule is CC(C)(C)OC(=O)N1C[C@H]2CON[C@@]2(C)C1. The first-order valence-corrected chi connectivity index (χ1v) is 5.67. The number of hydroxylamine groups is 1. The second-order valence-electron chi connectivity index (χ2n) is 5.89. The van der Waals surface area contributed by atoms with E-state index in [1.54, 1.807) is 4.90 Å². The third-order valence-electron chi connectivity index (χ3n) is 3.10. The Morgan fingerprint density at radius 1 is 1.56 bits per heavy atom. The molecule has 0 aliphatic carbocycles. The standard InChI is InChI=1S/C11H20N2O3/c1-10(2,3)16-9(14)13-5-8-6-15-12-11(8,4)7-13/h8,12H,5-7H2,1-4H3/t8-,11-/m0/s1. The van der Waals surface area contributed by atoms with Crippen molar-refractivity contribution in [2.45, 2.75) is 38.8 Å². The van der Waals surface area contributed by atoms with Crippen molar-refractivity contribution in [3.05, 3.63) is 0 Å². The lowest BCUT2D eigenvalue weighted by Gasteiger charge is -2.26. The first-order chi connectivity index (χ1) is 7.30. The molecule has 0 bridgehead atoms. The molecule has 2 atom stereocenters. The largest absolute Gasteiger partial charge is 0.444 e. The zero-order valence-electron chi connectivity index (χ0n) is 10.4. The smallest absolute Gasteiger partial charge is 0.410 e. The number of amides is 1. The lowest BCUT2D eigenvalue weighted by molar-refractivity contribution is 0.0169. The molecule has 0 unspecified atom stereocenters. The van der Waals surface area contributed by atoms with Crippen LogP contribution in [0.15, 0.2) is 0 Å². The first kappa shape index (κ1) is 11.7. The van der Waals surface area contributed by atoms with Gasteiger partial charge in [-0.05, 0) is 27.7 Å². The Hall–Kier alpha value is -0.810. The van der Waals surface area contributed by atoms with Crippen molar-refractivity contribution in [1.82, 2.24) is 10.4 Å². The maximum atomic E-state index is 11.9. The van der Waals surface area contributed by atoms with E-state index < -0.39 is 5.60 Å². The lowest BCUT2D eigenvalue weighted by Crippen LogP contribution is -2.44. The summed E-state index contributed by atoms with van der Waals surface area (Å²) in [6.07, 6.45) is -0.232. The van der Waals surface area contributed by atoms with E-state index in [0.29, 0.717) is 25.6 Å². The Balaban J connectivity index is 1.97. The van der Waals surface area contributed by atoms with Gasteiger partial charge in [-0.3, -0.25) is 0 Å². The summed E-state index contributed by atoms with van der Waals surface area (Å²) < 4.78 is 5.35. The van der Waals surface area contributed by atoms with Crippen molar-refractivity contribution in [2.75, 3.05) is 19.7 Å². The maximum Gasteiger partial charge on any atom is 0.410 e. The quantitative estimate of drug-likeness (QED) is 0.675. The Morgan fingerprint density at radius 3 is 2.81 bits per heavy atom. The first-order valence-electron chi connectivity index (χ1n) is 5.67. The summed E-state index contributed by atoms with van der Waals surface area (Å²) in [4.78, 5) is 18.8. The van der Waals surface area contributed by atoms with Crippen LogP contribution in [0, 0.1) is 5.92 Å². The molecule has 2 saturated heterocycles. The number of likely N-dealkylation sites (tertiary alicyclic amines) is 1. The van der Waals surface area contributed by atoms with Gasteiger partial charge in [-0.1, -0.05) is 0 Å². The molecule has 5 heteroatoms. The third-order valence-corrected chi connectivity index (χ3v) is 3.10. The number of rotatable bonds is 0. The molecule has 0 spiro atoms. The summed E-state index contributed by atoms with van der Waals surface area (Å²) in [6, 6.07) is 0. The zero-order valence-corrected chi connectivity index (χ0v) is 10.4. The fourth-order valence-electron chi connectivity index (χ4n) is 2.18. The summed E-state index contributed by atoms with van der Waals surface area (Å²) in [5.74, 6) is 0.361. The summed E-state index contributed by atoms with van der Waals surface area (Å²) in [6.45, 7) is 9.73. The van der Waals surface area contributed by atoms with Gasteiger partial charge in [0.25, 0.3) is 0 Å². The molecule has 2 heterocycles. The van der Waals surface area contributed by atoms with Gasteiger partial charge in [0.2, 0.25) is 0 Å². The normalized spacial score (nSPS) is 34.0. The fourth-order valence-corrected chi connectivity index (χ4v) is 2.18. The third kappa shape index (κ3) is 2.15. The maximum absolute atomic E-state index is 11.9. The van der Waals surface area contributed by atoms with E-state index >= 15 is 0 Å². The van der Waals surface area contributed by atoms with Gasteiger partial charge in [-0.25, -0.2) is 4.79 Å². The van der Waals surface area contributed by atoms with E-state index in [4.69, 9.17) is 9.57 Å². The minimum Gasteiger partial charge on any atom is -0.444 e. The molecule has 2 fully saturated rings. The van der Waals surface area contributed by atoms with E-state index in [9.17, 15) is 4.79 Å². The Morgan fingerprint density at radius 2 is 2.25 bits per heavy atom. The van der Waals surface area contributed by atoms with Crippen LogP contribution in [0.5, 0.6) is 0 Å². The fraction of sp³-hybridized carbons (Fsp3) is 0.909. The van der Waals surface area contributed by atoms with E-state index in [1.165, 1.54) is 0 Å². The average Bonchev–Trinajstić information content (AvgIpc) is 2.55. The predicted molar refractivity (Wildman–Crippen MR) is 58.8 cm³/mol. The van der Waals surface area contributed by atoms with Crippen LogP contribution < -0.4 is 5.48 Å². The minimum atomic E-state index is -0.431. The highest BCUT2D eigenvalue weighted by molar-refractivity contribution is 5.68.